The van der Waals surface area contributed by atoms with E-state index in [1.165, 1.54) is 12.8 Å². The molecule has 0 radical (unpaired) electrons. The van der Waals surface area contributed by atoms with Crippen LogP contribution in [0.5, 0.6) is 0 Å². The number of rotatable bonds is 4. The van der Waals surface area contributed by atoms with Gasteiger partial charge in [-0.2, -0.15) is 0 Å². The van der Waals surface area contributed by atoms with Gasteiger partial charge in [0.25, 0.3) is 5.91 Å². The third kappa shape index (κ3) is 3.52. The maximum absolute atomic E-state index is 12.3. The number of likely N-dealkylation sites (tertiary alicyclic amines) is 1. The predicted octanol–water partition coefficient (Wildman–Crippen LogP) is 1.71. The van der Waals surface area contributed by atoms with E-state index in [-0.39, 0.29) is 5.91 Å². The molecule has 1 unspecified atom stereocenters. The molecular formula is C17H27N3O2. The van der Waals surface area contributed by atoms with Crippen LogP contribution in [-0.4, -0.2) is 53.8 Å². The zero-order chi connectivity index (χ0) is 15.5. The van der Waals surface area contributed by atoms with Gasteiger partial charge in [0, 0.05) is 51.2 Å². The lowest BCUT2D eigenvalue weighted by Crippen LogP contribution is -2.46. The topological polar surface area (TPSA) is 46.5 Å². The van der Waals surface area contributed by atoms with E-state index in [0.717, 1.165) is 50.3 Å². The highest BCUT2D eigenvalue weighted by Gasteiger charge is 2.25. The van der Waals surface area contributed by atoms with Crippen LogP contribution in [0.15, 0.2) is 12.3 Å². The fourth-order valence-corrected chi connectivity index (χ4v) is 3.45. The smallest absolute Gasteiger partial charge is 0.253 e. The first-order chi connectivity index (χ1) is 10.6. The number of amides is 1. The maximum atomic E-state index is 12.3. The second-order valence-electron chi connectivity index (χ2n) is 6.61. The van der Waals surface area contributed by atoms with E-state index >= 15 is 0 Å². The molecule has 5 heteroatoms. The number of aromatic nitrogens is 1. The van der Waals surface area contributed by atoms with Gasteiger partial charge < -0.3 is 19.5 Å². The van der Waals surface area contributed by atoms with E-state index in [2.05, 4.69) is 10.2 Å². The lowest BCUT2D eigenvalue weighted by atomic mass is 10.0. The summed E-state index contributed by atoms with van der Waals surface area (Å²) < 4.78 is 7.69. The molecule has 0 spiro atoms. The highest BCUT2D eigenvalue weighted by molar-refractivity contribution is 5.95. The van der Waals surface area contributed by atoms with Crippen molar-refractivity contribution in [3.05, 3.63) is 23.5 Å². The summed E-state index contributed by atoms with van der Waals surface area (Å²) in [6.45, 7) is 6.07. The van der Waals surface area contributed by atoms with Crippen LogP contribution in [-0.2, 0) is 11.8 Å². The molecule has 2 fully saturated rings. The van der Waals surface area contributed by atoms with Crippen molar-refractivity contribution in [2.45, 2.75) is 44.8 Å². The minimum absolute atomic E-state index is 0.0654. The molecule has 2 saturated heterocycles. The lowest BCUT2D eigenvalue weighted by Gasteiger charge is -2.33. The Morgan fingerprint density at radius 2 is 2.14 bits per heavy atom. The molecule has 1 amide bonds. The van der Waals surface area contributed by atoms with Crippen LogP contribution in [0.3, 0.4) is 0 Å². The van der Waals surface area contributed by atoms with Crippen molar-refractivity contribution >= 4 is 5.91 Å². The number of piperidine rings is 1. The van der Waals surface area contributed by atoms with Crippen LogP contribution in [0.1, 0.15) is 41.7 Å². The molecule has 22 heavy (non-hydrogen) atoms. The third-order valence-electron chi connectivity index (χ3n) is 5.04. The number of carbonyl (C=O) groups is 1. The van der Waals surface area contributed by atoms with Crippen LogP contribution in [0.25, 0.3) is 0 Å². The largest absolute Gasteiger partial charge is 0.377 e. The van der Waals surface area contributed by atoms with E-state index in [1.807, 2.05) is 30.8 Å². The van der Waals surface area contributed by atoms with Gasteiger partial charge in [-0.1, -0.05) is 0 Å². The molecule has 5 nitrogen and oxygen atoms in total. The quantitative estimate of drug-likeness (QED) is 0.921. The van der Waals surface area contributed by atoms with Gasteiger partial charge in [-0.15, -0.1) is 0 Å². The third-order valence-corrected chi connectivity index (χ3v) is 5.04. The molecule has 0 bridgehead atoms. The minimum Gasteiger partial charge on any atom is -0.377 e. The highest BCUT2D eigenvalue weighted by Crippen LogP contribution is 2.17. The highest BCUT2D eigenvalue weighted by atomic mass is 16.5. The number of carbonyl (C=O) groups excluding carboxylic acids is 1. The van der Waals surface area contributed by atoms with E-state index in [0.29, 0.717) is 12.1 Å². The Morgan fingerprint density at radius 3 is 2.73 bits per heavy atom. The Morgan fingerprint density at radius 1 is 1.36 bits per heavy atom. The number of hydrogen-bond donors (Lipinski definition) is 1. The molecule has 1 aromatic heterocycles. The molecule has 3 rings (SSSR count). The fraction of sp³-hybridized carbons (Fsp3) is 0.706. The molecule has 122 valence electrons. The Kier molecular flexibility index (Phi) is 4.84. The summed E-state index contributed by atoms with van der Waals surface area (Å²) in [5.41, 5.74) is 1.82. The standard InChI is InChI=1S/C17H27N3O2/c1-13-16(7-8-19(13)2)17(21)18-14-5-9-20(10-6-14)12-15-4-3-11-22-15/h7-8,14-15H,3-6,9-12H2,1-2H3,(H,18,21). The van der Waals surface area contributed by atoms with Crippen LogP contribution < -0.4 is 5.32 Å². The summed E-state index contributed by atoms with van der Waals surface area (Å²) in [6, 6.07) is 2.20. The monoisotopic (exact) mass is 305 g/mol. The molecule has 1 aromatic rings. The Balaban J connectivity index is 1.45. The average molecular weight is 305 g/mol. The zero-order valence-corrected chi connectivity index (χ0v) is 13.7. The number of hydrogen-bond acceptors (Lipinski definition) is 3. The van der Waals surface area contributed by atoms with Crippen molar-refractivity contribution in [2.24, 2.45) is 7.05 Å². The summed E-state index contributed by atoms with van der Waals surface area (Å²) in [5, 5.41) is 3.19. The SMILES string of the molecule is Cc1c(C(=O)NC2CCN(CC3CCCO3)CC2)ccn1C. The van der Waals surface area contributed by atoms with E-state index in [9.17, 15) is 4.79 Å². The summed E-state index contributed by atoms with van der Waals surface area (Å²) >= 11 is 0. The van der Waals surface area contributed by atoms with Crippen molar-refractivity contribution in [1.29, 1.82) is 0 Å². The van der Waals surface area contributed by atoms with Crippen molar-refractivity contribution in [3.8, 4) is 0 Å². The van der Waals surface area contributed by atoms with Gasteiger partial charge in [-0.25, -0.2) is 0 Å². The molecule has 3 heterocycles. The summed E-state index contributed by atoms with van der Waals surface area (Å²) in [6.07, 6.45) is 6.83. The van der Waals surface area contributed by atoms with Gasteiger partial charge in [-0.3, -0.25) is 4.79 Å². The number of ether oxygens (including phenoxy) is 1. The van der Waals surface area contributed by atoms with E-state index in [1.54, 1.807) is 0 Å². The number of aryl methyl sites for hydroxylation is 1. The Labute approximate surface area is 132 Å². The van der Waals surface area contributed by atoms with Gasteiger partial charge >= 0.3 is 0 Å². The van der Waals surface area contributed by atoms with Gasteiger partial charge in [0.05, 0.1) is 11.7 Å². The maximum Gasteiger partial charge on any atom is 0.253 e. The molecule has 2 aliphatic heterocycles. The fourth-order valence-electron chi connectivity index (χ4n) is 3.45. The van der Waals surface area contributed by atoms with Crippen LogP contribution in [0.4, 0.5) is 0 Å². The van der Waals surface area contributed by atoms with Crippen LogP contribution in [0.2, 0.25) is 0 Å². The van der Waals surface area contributed by atoms with Gasteiger partial charge in [0.1, 0.15) is 0 Å². The minimum atomic E-state index is 0.0654. The van der Waals surface area contributed by atoms with Crippen LogP contribution in [0, 0.1) is 6.92 Å². The summed E-state index contributed by atoms with van der Waals surface area (Å²) in [4.78, 5) is 14.8. The van der Waals surface area contributed by atoms with E-state index in [4.69, 9.17) is 4.74 Å². The van der Waals surface area contributed by atoms with Crippen molar-refractivity contribution in [3.63, 3.8) is 0 Å². The summed E-state index contributed by atoms with van der Waals surface area (Å²) in [5.74, 6) is 0.0654. The molecule has 0 aromatic carbocycles. The molecule has 2 aliphatic rings. The molecular weight excluding hydrogens is 278 g/mol. The predicted molar refractivity (Wildman–Crippen MR) is 86.1 cm³/mol. The molecule has 0 saturated carbocycles. The normalized spacial score (nSPS) is 23.8. The van der Waals surface area contributed by atoms with Gasteiger partial charge in [0.2, 0.25) is 0 Å². The van der Waals surface area contributed by atoms with Crippen molar-refractivity contribution in [2.75, 3.05) is 26.2 Å². The first-order valence-corrected chi connectivity index (χ1v) is 8.40. The van der Waals surface area contributed by atoms with Gasteiger partial charge in [0.15, 0.2) is 0 Å². The van der Waals surface area contributed by atoms with Gasteiger partial charge in [-0.05, 0) is 38.7 Å². The van der Waals surface area contributed by atoms with Crippen molar-refractivity contribution in [1.82, 2.24) is 14.8 Å². The second kappa shape index (κ2) is 6.84. The number of nitrogens with one attached hydrogen (secondary N) is 1. The molecule has 1 atom stereocenters. The average Bonchev–Trinajstić information content (AvgIpc) is 3.12. The molecule has 0 aliphatic carbocycles. The van der Waals surface area contributed by atoms with Crippen LogP contribution >= 0.6 is 0 Å². The zero-order valence-electron chi connectivity index (χ0n) is 13.7. The Bertz CT molecular complexity index is 512. The van der Waals surface area contributed by atoms with E-state index < -0.39 is 0 Å². The number of nitrogens with zero attached hydrogens (tertiary/aromatic N) is 2. The Hall–Kier alpha value is -1.33. The first kappa shape index (κ1) is 15.6. The summed E-state index contributed by atoms with van der Waals surface area (Å²) in [7, 11) is 1.97. The molecule has 1 N–H and O–H groups in total. The van der Waals surface area contributed by atoms with Crippen molar-refractivity contribution < 1.29 is 9.53 Å². The first-order valence-electron chi connectivity index (χ1n) is 8.40. The lowest BCUT2D eigenvalue weighted by molar-refractivity contribution is 0.0613. The second-order valence-corrected chi connectivity index (χ2v) is 6.61.